The highest BCUT2D eigenvalue weighted by Crippen LogP contribution is 2.32. The Hall–Kier alpha value is -2.04. The second kappa shape index (κ2) is 7.24. The topological polar surface area (TPSA) is 52.7 Å². The van der Waals surface area contributed by atoms with Crippen molar-refractivity contribution in [2.24, 2.45) is 17.8 Å². The van der Waals surface area contributed by atoms with E-state index in [-0.39, 0.29) is 11.9 Å². The predicted molar refractivity (Wildman–Crippen MR) is 93.3 cm³/mol. The highest BCUT2D eigenvalue weighted by Gasteiger charge is 2.41. The maximum absolute atomic E-state index is 12.4. The molecule has 2 fully saturated rings. The number of hydrogen-bond acceptors (Lipinski definition) is 2. The number of likely N-dealkylation sites (tertiary alicyclic amines) is 2. The zero-order chi connectivity index (χ0) is 17.1. The van der Waals surface area contributed by atoms with Gasteiger partial charge in [0, 0.05) is 39.1 Å². The van der Waals surface area contributed by atoms with Gasteiger partial charge in [0.15, 0.2) is 0 Å². The minimum absolute atomic E-state index is 0.0140. The Labute approximate surface area is 144 Å². The summed E-state index contributed by atoms with van der Waals surface area (Å²) in [5, 5.41) is 2.98. The van der Waals surface area contributed by atoms with Crippen LogP contribution in [0.15, 0.2) is 30.3 Å². The van der Waals surface area contributed by atoms with Crippen molar-refractivity contribution >= 4 is 11.9 Å². The number of urea groups is 1. The SMILES string of the molecule is CC(C)CNC(=O)N1C[C@H]2CN(Cc3ccccc3)C(=O)C[C@H]2C1. The lowest BCUT2D eigenvalue weighted by atomic mass is 9.88. The van der Waals surface area contributed by atoms with Gasteiger partial charge in [-0.05, 0) is 23.3 Å². The first-order valence-corrected chi connectivity index (χ1v) is 8.87. The number of rotatable bonds is 4. The Kier molecular flexibility index (Phi) is 5.07. The molecular weight excluding hydrogens is 302 g/mol. The molecule has 1 aromatic carbocycles. The van der Waals surface area contributed by atoms with E-state index in [1.54, 1.807) is 0 Å². The van der Waals surface area contributed by atoms with Crippen LogP contribution in [0.3, 0.4) is 0 Å². The summed E-state index contributed by atoms with van der Waals surface area (Å²) in [4.78, 5) is 28.5. The second-order valence-electron chi connectivity index (χ2n) is 7.47. The number of piperidine rings is 1. The molecule has 2 aliphatic rings. The maximum Gasteiger partial charge on any atom is 0.317 e. The molecule has 0 radical (unpaired) electrons. The Morgan fingerprint density at radius 3 is 2.58 bits per heavy atom. The van der Waals surface area contributed by atoms with Gasteiger partial charge in [-0.2, -0.15) is 0 Å². The first-order chi connectivity index (χ1) is 11.5. The number of nitrogens with one attached hydrogen (secondary N) is 1. The Morgan fingerprint density at radius 1 is 1.17 bits per heavy atom. The van der Waals surface area contributed by atoms with Crippen molar-refractivity contribution in [2.75, 3.05) is 26.2 Å². The number of benzene rings is 1. The van der Waals surface area contributed by atoms with Gasteiger partial charge < -0.3 is 15.1 Å². The fraction of sp³-hybridized carbons (Fsp3) is 0.579. The molecular formula is C19H27N3O2. The number of carbonyl (C=O) groups is 2. The largest absolute Gasteiger partial charge is 0.338 e. The smallest absolute Gasteiger partial charge is 0.317 e. The van der Waals surface area contributed by atoms with E-state index >= 15 is 0 Å². The summed E-state index contributed by atoms with van der Waals surface area (Å²) in [6.07, 6.45) is 0.561. The van der Waals surface area contributed by atoms with Gasteiger partial charge in [0.25, 0.3) is 0 Å². The van der Waals surface area contributed by atoms with Crippen LogP contribution in [-0.2, 0) is 11.3 Å². The molecule has 1 N–H and O–H groups in total. The van der Waals surface area contributed by atoms with Gasteiger partial charge in [0.1, 0.15) is 0 Å². The summed E-state index contributed by atoms with van der Waals surface area (Å²) in [7, 11) is 0. The Bertz CT molecular complexity index is 588. The predicted octanol–water partition coefficient (Wildman–Crippen LogP) is 2.33. The quantitative estimate of drug-likeness (QED) is 0.922. The van der Waals surface area contributed by atoms with E-state index in [1.807, 2.05) is 28.0 Å². The summed E-state index contributed by atoms with van der Waals surface area (Å²) >= 11 is 0. The van der Waals surface area contributed by atoms with Crippen molar-refractivity contribution in [3.8, 4) is 0 Å². The van der Waals surface area contributed by atoms with E-state index in [9.17, 15) is 9.59 Å². The van der Waals surface area contributed by atoms with Crippen LogP contribution in [-0.4, -0.2) is 47.9 Å². The van der Waals surface area contributed by atoms with Crippen molar-refractivity contribution in [3.05, 3.63) is 35.9 Å². The number of amides is 3. The highest BCUT2D eigenvalue weighted by molar-refractivity contribution is 5.78. The van der Waals surface area contributed by atoms with Crippen LogP contribution >= 0.6 is 0 Å². The standard InChI is InChI=1S/C19H27N3O2/c1-14(2)9-20-19(24)22-11-16-8-18(23)21(12-17(16)13-22)10-15-6-4-3-5-7-15/h3-7,14,16-17H,8-13H2,1-2H3,(H,20,24)/t16-,17+/m0/s1. The molecule has 0 saturated carbocycles. The fourth-order valence-electron chi connectivity index (χ4n) is 3.64. The lowest BCUT2D eigenvalue weighted by Crippen LogP contribution is -2.43. The molecule has 2 atom stereocenters. The van der Waals surface area contributed by atoms with Crippen LogP contribution in [0, 0.1) is 17.8 Å². The molecule has 1 aromatic rings. The molecule has 3 amide bonds. The fourth-order valence-corrected chi connectivity index (χ4v) is 3.64. The van der Waals surface area contributed by atoms with Crippen molar-refractivity contribution in [1.82, 2.24) is 15.1 Å². The monoisotopic (exact) mass is 329 g/mol. The van der Waals surface area contributed by atoms with E-state index in [4.69, 9.17) is 0 Å². The first kappa shape index (κ1) is 16.8. The van der Waals surface area contributed by atoms with E-state index in [0.717, 1.165) is 18.7 Å². The molecule has 5 heteroatoms. The van der Waals surface area contributed by atoms with Gasteiger partial charge in [-0.25, -0.2) is 4.79 Å². The molecule has 2 heterocycles. The Balaban J connectivity index is 1.57. The minimum Gasteiger partial charge on any atom is -0.338 e. The number of nitrogens with zero attached hydrogens (tertiary/aromatic N) is 2. The highest BCUT2D eigenvalue weighted by atomic mass is 16.2. The summed E-state index contributed by atoms with van der Waals surface area (Å²) < 4.78 is 0. The normalized spacial score (nSPS) is 23.5. The van der Waals surface area contributed by atoms with Crippen molar-refractivity contribution in [1.29, 1.82) is 0 Å². The third-order valence-corrected chi connectivity index (χ3v) is 4.99. The van der Waals surface area contributed by atoms with Crippen LogP contribution < -0.4 is 5.32 Å². The molecule has 0 aliphatic carbocycles. The van der Waals surface area contributed by atoms with Gasteiger partial charge in [-0.1, -0.05) is 44.2 Å². The summed E-state index contributed by atoms with van der Waals surface area (Å²) in [5.74, 6) is 1.37. The molecule has 130 valence electrons. The summed E-state index contributed by atoms with van der Waals surface area (Å²) in [6, 6.07) is 10.1. The number of hydrogen-bond donors (Lipinski definition) is 1. The van der Waals surface area contributed by atoms with Gasteiger partial charge in [0.2, 0.25) is 5.91 Å². The molecule has 2 aliphatic heterocycles. The maximum atomic E-state index is 12.4. The molecule has 0 bridgehead atoms. The van der Waals surface area contributed by atoms with Gasteiger partial charge >= 0.3 is 6.03 Å². The molecule has 2 saturated heterocycles. The zero-order valence-electron chi connectivity index (χ0n) is 14.6. The van der Waals surface area contributed by atoms with Gasteiger partial charge in [-0.3, -0.25) is 4.79 Å². The minimum atomic E-state index is 0.0140. The number of carbonyl (C=O) groups excluding carboxylic acids is 2. The van der Waals surface area contributed by atoms with E-state index in [0.29, 0.717) is 43.8 Å². The van der Waals surface area contributed by atoms with Crippen molar-refractivity contribution in [2.45, 2.75) is 26.8 Å². The lowest BCUT2D eigenvalue weighted by molar-refractivity contribution is -0.136. The molecule has 3 rings (SSSR count). The average Bonchev–Trinajstić information content (AvgIpc) is 2.96. The van der Waals surface area contributed by atoms with Crippen LogP contribution in [0.2, 0.25) is 0 Å². The summed E-state index contributed by atoms with van der Waals surface area (Å²) in [5.41, 5.74) is 1.16. The first-order valence-electron chi connectivity index (χ1n) is 8.87. The molecule has 5 nitrogen and oxygen atoms in total. The van der Waals surface area contributed by atoms with Crippen LogP contribution in [0.5, 0.6) is 0 Å². The van der Waals surface area contributed by atoms with E-state index < -0.39 is 0 Å². The second-order valence-corrected chi connectivity index (χ2v) is 7.47. The van der Waals surface area contributed by atoms with E-state index in [1.165, 1.54) is 0 Å². The number of fused-ring (bicyclic) bond motifs is 1. The third kappa shape index (κ3) is 3.89. The Morgan fingerprint density at radius 2 is 1.88 bits per heavy atom. The molecule has 0 spiro atoms. The van der Waals surface area contributed by atoms with Crippen LogP contribution in [0.25, 0.3) is 0 Å². The average molecular weight is 329 g/mol. The van der Waals surface area contributed by atoms with Crippen molar-refractivity contribution in [3.63, 3.8) is 0 Å². The zero-order valence-corrected chi connectivity index (χ0v) is 14.6. The third-order valence-electron chi connectivity index (χ3n) is 4.99. The lowest BCUT2D eigenvalue weighted by Gasteiger charge is -2.34. The van der Waals surface area contributed by atoms with E-state index in [2.05, 4.69) is 31.3 Å². The van der Waals surface area contributed by atoms with Gasteiger partial charge in [0.05, 0.1) is 0 Å². The molecule has 0 aromatic heterocycles. The van der Waals surface area contributed by atoms with Gasteiger partial charge in [-0.15, -0.1) is 0 Å². The van der Waals surface area contributed by atoms with Crippen molar-refractivity contribution < 1.29 is 9.59 Å². The molecule has 0 unspecified atom stereocenters. The summed E-state index contributed by atoms with van der Waals surface area (Å²) in [6.45, 7) is 7.76. The molecule has 24 heavy (non-hydrogen) atoms. The van der Waals surface area contributed by atoms with Crippen LogP contribution in [0.1, 0.15) is 25.8 Å². The van der Waals surface area contributed by atoms with Crippen LogP contribution in [0.4, 0.5) is 4.79 Å².